The summed E-state index contributed by atoms with van der Waals surface area (Å²) in [4.78, 5) is 11.9. The average Bonchev–Trinajstić information content (AvgIpc) is 2.73. The molecule has 0 aromatic heterocycles. The van der Waals surface area contributed by atoms with Crippen LogP contribution in [0.5, 0.6) is 0 Å². The van der Waals surface area contributed by atoms with Gasteiger partial charge in [-0.3, -0.25) is 0 Å². The largest absolute Gasteiger partial charge is 0.455 e. The molecule has 3 aromatic carbocycles. The summed E-state index contributed by atoms with van der Waals surface area (Å²) < 4.78 is 5.36. The van der Waals surface area contributed by atoms with Crippen LogP contribution in [0.1, 0.15) is 30.0 Å². The van der Waals surface area contributed by atoms with Crippen molar-refractivity contribution < 1.29 is 9.53 Å². The Kier molecular flexibility index (Phi) is 5.87. The fraction of sp³-hybridized carbons (Fsp3) is 0.120. The summed E-state index contributed by atoms with van der Waals surface area (Å²) in [5, 5.41) is 0. The molecule has 0 spiro atoms. The molecule has 0 atom stereocenters. The van der Waals surface area contributed by atoms with Crippen molar-refractivity contribution in [3.63, 3.8) is 0 Å². The fourth-order valence-corrected chi connectivity index (χ4v) is 3.36. The van der Waals surface area contributed by atoms with E-state index in [2.05, 4.69) is 43.0 Å². The summed E-state index contributed by atoms with van der Waals surface area (Å²) >= 11 is 0. The minimum atomic E-state index is -0.459. The molecular weight excluding hydrogens is 332 g/mol. The molecule has 135 valence electrons. The minimum absolute atomic E-state index is 0.385. The van der Waals surface area contributed by atoms with Crippen molar-refractivity contribution in [2.45, 2.75) is 18.8 Å². The van der Waals surface area contributed by atoms with Crippen LogP contribution in [0.4, 0.5) is 0 Å². The van der Waals surface area contributed by atoms with E-state index >= 15 is 0 Å². The van der Waals surface area contributed by atoms with Crippen LogP contribution in [-0.2, 0) is 14.9 Å². The minimum Gasteiger partial charge on any atom is -0.455 e. The molecule has 0 fully saturated rings. The standard InChI is InChI=1S/C25H23O2/c1-20(2)24(26)27-19-18-25(21-12-6-3-7-13-21,22-14-8-4-9-15-22)23-16-10-5-11-17-23/h3-17,19H,1,18H2,2H3. The molecule has 3 rings (SSSR count). The van der Waals surface area contributed by atoms with Gasteiger partial charge in [-0.05, 0) is 23.6 Å². The molecule has 0 aliphatic heterocycles. The maximum atomic E-state index is 11.9. The lowest BCUT2D eigenvalue weighted by atomic mass is 9.67. The number of esters is 1. The summed E-state index contributed by atoms with van der Waals surface area (Å²) in [5.74, 6) is -0.405. The van der Waals surface area contributed by atoms with Gasteiger partial charge in [0.2, 0.25) is 0 Å². The highest BCUT2D eigenvalue weighted by molar-refractivity contribution is 5.87. The van der Waals surface area contributed by atoms with Crippen molar-refractivity contribution in [1.29, 1.82) is 0 Å². The van der Waals surface area contributed by atoms with Crippen LogP contribution < -0.4 is 0 Å². The van der Waals surface area contributed by atoms with Crippen LogP contribution in [-0.4, -0.2) is 5.97 Å². The van der Waals surface area contributed by atoms with E-state index < -0.39 is 11.4 Å². The Morgan fingerprint density at radius 2 is 1.19 bits per heavy atom. The number of rotatable bonds is 7. The van der Waals surface area contributed by atoms with Gasteiger partial charge < -0.3 is 4.74 Å². The van der Waals surface area contributed by atoms with Crippen LogP contribution in [0.3, 0.4) is 0 Å². The van der Waals surface area contributed by atoms with Gasteiger partial charge in [0.05, 0.1) is 0 Å². The number of ether oxygens (including phenoxy) is 1. The molecule has 1 radical (unpaired) electrons. The predicted octanol–water partition coefficient (Wildman–Crippen LogP) is 5.69. The zero-order chi connectivity index (χ0) is 19.1. The molecule has 0 aliphatic rings. The van der Waals surface area contributed by atoms with Gasteiger partial charge in [-0.1, -0.05) is 97.6 Å². The van der Waals surface area contributed by atoms with Gasteiger partial charge in [0, 0.05) is 17.4 Å². The monoisotopic (exact) mass is 355 g/mol. The highest BCUT2D eigenvalue weighted by Crippen LogP contribution is 2.42. The Labute approximate surface area is 161 Å². The number of carbonyl (C=O) groups excluding carboxylic acids is 1. The third kappa shape index (κ3) is 4.01. The van der Waals surface area contributed by atoms with Gasteiger partial charge >= 0.3 is 5.97 Å². The van der Waals surface area contributed by atoms with E-state index in [1.807, 2.05) is 54.6 Å². The SMILES string of the molecule is C=C(C)C(=O)O[CH]CC(c1ccccc1)(c1ccccc1)c1ccccc1. The van der Waals surface area contributed by atoms with Crippen molar-refractivity contribution in [2.24, 2.45) is 0 Å². The molecule has 0 saturated heterocycles. The first-order chi connectivity index (χ1) is 13.1. The predicted molar refractivity (Wildman–Crippen MR) is 109 cm³/mol. The average molecular weight is 355 g/mol. The van der Waals surface area contributed by atoms with Crippen molar-refractivity contribution in [1.82, 2.24) is 0 Å². The van der Waals surface area contributed by atoms with E-state index in [0.29, 0.717) is 12.0 Å². The summed E-state index contributed by atoms with van der Waals surface area (Å²) in [6.45, 7) is 6.90. The van der Waals surface area contributed by atoms with Crippen LogP contribution >= 0.6 is 0 Å². The summed E-state index contributed by atoms with van der Waals surface area (Å²) in [6.07, 6.45) is 0.518. The molecule has 27 heavy (non-hydrogen) atoms. The van der Waals surface area contributed by atoms with Crippen LogP contribution in [0, 0.1) is 6.61 Å². The first kappa shape index (κ1) is 18.7. The number of hydrogen-bond donors (Lipinski definition) is 0. The van der Waals surface area contributed by atoms with E-state index in [1.54, 1.807) is 13.5 Å². The van der Waals surface area contributed by atoms with E-state index in [-0.39, 0.29) is 0 Å². The van der Waals surface area contributed by atoms with Crippen molar-refractivity contribution in [3.05, 3.63) is 126 Å². The van der Waals surface area contributed by atoms with Crippen molar-refractivity contribution in [2.75, 3.05) is 0 Å². The second kappa shape index (κ2) is 8.50. The Bertz CT molecular complexity index is 787. The third-order valence-corrected chi connectivity index (χ3v) is 4.73. The van der Waals surface area contributed by atoms with E-state index in [9.17, 15) is 4.79 Å². The molecule has 2 nitrogen and oxygen atoms in total. The van der Waals surface area contributed by atoms with E-state index in [4.69, 9.17) is 4.74 Å². The van der Waals surface area contributed by atoms with Gasteiger partial charge in [-0.25, -0.2) is 4.79 Å². The van der Waals surface area contributed by atoms with Gasteiger partial charge in [-0.15, -0.1) is 0 Å². The number of carbonyl (C=O) groups is 1. The maximum Gasteiger partial charge on any atom is 0.333 e. The highest BCUT2D eigenvalue weighted by Gasteiger charge is 2.36. The fourth-order valence-electron chi connectivity index (χ4n) is 3.36. The van der Waals surface area contributed by atoms with Crippen LogP contribution in [0.15, 0.2) is 103 Å². The lowest BCUT2D eigenvalue weighted by Crippen LogP contribution is -2.30. The molecule has 0 aliphatic carbocycles. The second-order valence-electron chi connectivity index (χ2n) is 6.56. The highest BCUT2D eigenvalue weighted by atomic mass is 16.5. The molecule has 0 unspecified atom stereocenters. The first-order valence-corrected chi connectivity index (χ1v) is 8.99. The van der Waals surface area contributed by atoms with Gasteiger partial charge in [0.15, 0.2) is 0 Å². The second-order valence-corrected chi connectivity index (χ2v) is 6.56. The van der Waals surface area contributed by atoms with Crippen LogP contribution in [0.25, 0.3) is 0 Å². The quantitative estimate of drug-likeness (QED) is 0.309. The summed E-state index contributed by atoms with van der Waals surface area (Å²) in [7, 11) is 0. The molecule has 0 saturated carbocycles. The van der Waals surface area contributed by atoms with Gasteiger partial charge in [0.25, 0.3) is 0 Å². The lowest BCUT2D eigenvalue weighted by Gasteiger charge is -2.35. The van der Waals surface area contributed by atoms with E-state index in [1.165, 1.54) is 0 Å². The zero-order valence-electron chi connectivity index (χ0n) is 15.5. The smallest absolute Gasteiger partial charge is 0.333 e. The summed E-state index contributed by atoms with van der Waals surface area (Å²) in [5.41, 5.74) is 3.36. The molecule has 0 N–H and O–H groups in total. The lowest BCUT2D eigenvalue weighted by molar-refractivity contribution is -0.135. The Balaban J connectivity index is 2.11. The van der Waals surface area contributed by atoms with E-state index in [0.717, 1.165) is 16.7 Å². The maximum absolute atomic E-state index is 11.9. The Morgan fingerprint density at radius 1 is 0.815 bits per heavy atom. The molecular formula is C25H23O2. The Hall–Kier alpha value is -3.13. The Morgan fingerprint density at radius 3 is 1.52 bits per heavy atom. The zero-order valence-corrected chi connectivity index (χ0v) is 15.5. The normalized spacial score (nSPS) is 11.0. The molecule has 3 aromatic rings. The molecule has 0 amide bonds. The topological polar surface area (TPSA) is 26.3 Å². The van der Waals surface area contributed by atoms with Gasteiger partial charge in [0.1, 0.15) is 6.61 Å². The first-order valence-electron chi connectivity index (χ1n) is 8.99. The molecule has 0 bridgehead atoms. The van der Waals surface area contributed by atoms with Gasteiger partial charge in [-0.2, -0.15) is 0 Å². The number of hydrogen-bond acceptors (Lipinski definition) is 2. The molecule has 0 heterocycles. The van der Waals surface area contributed by atoms with Crippen molar-refractivity contribution in [3.8, 4) is 0 Å². The third-order valence-electron chi connectivity index (χ3n) is 4.73. The van der Waals surface area contributed by atoms with Crippen molar-refractivity contribution >= 4 is 5.97 Å². The summed E-state index contributed by atoms with van der Waals surface area (Å²) in [6, 6.07) is 31.0. The van der Waals surface area contributed by atoms with Crippen LogP contribution in [0.2, 0.25) is 0 Å². The number of benzene rings is 3. The molecule has 2 heteroatoms.